The fourth-order valence-electron chi connectivity index (χ4n) is 1.98. The first-order valence-corrected chi connectivity index (χ1v) is 7.12. The van der Waals surface area contributed by atoms with Gasteiger partial charge in [-0.3, -0.25) is 4.79 Å². The number of carbonyl (C=O) groups is 1. The molecule has 8 heteroatoms. The lowest BCUT2D eigenvalue weighted by atomic mass is 10.1. The lowest BCUT2D eigenvalue weighted by Gasteiger charge is -2.21. The van der Waals surface area contributed by atoms with Gasteiger partial charge in [-0.15, -0.1) is 0 Å². The van der Waals surface area contributed by atoms with Gasteiger partial charge in [-0.1, -0.05) is 6.07 Å². The van der Waals surface area contributed by atoms with Gasteiger partial charge in [0.05, 0.1) is 16.8 Å². The van der Waals surface area contributed by atoms with Crippen LogP contribution in [0.5, 0.6) is 0 Å². The zero-order chi connectivity index (χ0) is 14.2. The number of sulfone groups is 1. The normalized spacial score (nSPS) is 20.4. The minimum absolute atomic E-state index is 0.0504. The molecular formula is C11H13N3O4S. The second-order valence-corrected chi connectivity index (χ2v) is 6.31. The fraction of sp³-hybridized carbons (Fsp3) is 0.273. The maximum atomic E-state index is 11.9. The topological polar surface area (TPSA) is 136 Å². The van der Waals surface area contributed by atoms with Crippen LogP contribution in [0.25, 0.3) is 0 Å². The molecule has 1 atom stereocenters. The molecular weight excluding hydrogens is 270 g/mol. The van der Waals surface area contributed by atoms with Crippen molar-refractivity contribution in [2.24, 2.45) is 16.5 Å². The second-order valence-electron chi connectivity index (χ2n) is 4.30. The van der Waals surface area contributed by atoms with Crippen LogP contribution in [-0.2, 0) is 16.3 Å². The number of guanidine groups is 1. The maximum absolute atomic E-state index is 11.9. The summed E-state index contributed by atoms with van der Waals surface area (Å²) in [6.45, 7) is 0. The van der Waals surface area contributed by atoms with Gasteiger partial charge in [0.1, 0.15) is 0 Å². The van der Waals surface area contributed by atoms with Crippen LogP contribution in [0.2, 0.25) is 0 Å². The number of rotatable bonds is 1. The molecule has 1 aromatic rings. The Labute approximate surface area is 109 Å². The number of hydrogen-bond acceptors (Lipinski definition) is 4. The molecule has 1 heterocycles. The van der Waals surface area contributed by atoms with Crippen molar-refractivity contribution in [3.8, 4) is 0 Å². The number of fused-ring (bicyclic) bond motifs is 1. The van der Waals surface area contributed by atoms with Crippen molar-refractivity contribution in [2.75, 3.05) is 5.75 Å². The molecule has 1 aliphatic heterocycles. The Morgan fingerprint density at radius 1 is 1.37 bits per heavy atom. The Hall–Kier alpha value is -1.93. The van der Waals surface area contributed by atoms with Crippen molar-refractivity contribution in [3.63, 3.8) is 0 Å². The highest BCUT2D eigenvalue weighted by molar-refractivity contribution is 7.91. The van der Waals surface area contributed by atoms with E-state index in [1.807, 2.05) is 0 Å². The monoisotopic (exact) mass is 283 g/mol. The first kappa shape index (κ1) is 13.5. The molecule has 5 N–H and O–H groups in total. The van der Waals surface area contributed by atoms with Gasteiger partial charge in [0.15, 0.2) is 15.8 Å². The van der Waals surface area contributed by atoms with E-state index in [4.69, 9.17) is 11.5 Å². The van der Waals surface area contributed by atoms with Gasteiger partial charge in [-0.2, -0.15) is 4.99 Å². The maximum Gasteiger partial charge on any atom is 0.280 e. The summed E-state index contributed by atoms with van der Waals surface area (Å²) >= 11 is 0. The summed E-state index contributed by atoms with van der Waals surface area (Å²) in [5.41, 5.74) is 10.8. The molecule has 1 amide bonds. The third-order valence-electron chi connectivity index (χ3n) is 2.75. The molecule has 2 rings (SSSR count). The molecule has 1 unspecified atom stereocenters. The number of aliphatic hydroxyl groups is 1. The molecule has 1 aliphatic rings. The van der Waals surface area contributed by atoms with Crippen LogP contribution in [-0.4, -0.2) is 37.2 Å². The molecule has 0 spiro atoms. The highest BCUT2D eigenvalue weighted by Crippen LogP contribution is 2.26. The first-order chi connectivity index (χ1) is 8.79. The molecule has 0 radical (unpaired) electrons. The second kappa shape index (κ2) is 4.63. The van der Waals surface area contributed by atoms with E-state index >= 15 is 0 Å². The number of benzene rings is 1. The Balaban J connectivity index is 2.50. The minimum atomic E-state index is -3.59. The van der Waals surface area contributed by atoms with Crippen LogP contribution in [0.1, 0.15) is 15.9 Å². The van der Waals surface area contributed by atoms with Gasteiger partial charge in [0, 0.05) is 12.0 Å². The van der Waals surface area contributed by atoms with E-state index in [0.717, 1.165) is 0 Å². The molecule has 0 saturated carbocycles. The zero-order valence-corrected chi connectivity index (χ0v) is 10.7. The molecule has 0 aromatic heterocycles. The van der Waals surface area contributed by atoms with Crippen LogP contribution in [0.3, 0.4) is 0 Å². The van der Waals surface area contributed by atoms with Crippen molar-refractivity contribution < 1.29 is 18.3 Å². The molecule has 19 heavy (non-hydrogen) atoms. The van der Waals surface area contributed by atoms with Crippen LogP contribution >= 0.6 is 0 Å². The van der Waals surface area contributed by atoms with Gasteiger partial charge < -0.3 is 16.6 Å². The Kier molecular flexibility index (Phi) is 3.29. The summed E-state index contributed by atoms with van der Waals surface area (Å²) in [6, 6.07) is 4.16. The molecule has 0 bridgehead atoms. The minimum Gasteiger partial charge on any atom is -0.392 e. The number of aliphatic hydroxyl groups excluding tert-OH is 1. The molecule has 7 nitrogen and oxygen atoms in total. The largest absolute Gasteiger partial charge is 0.392 e. The predicted molar refractivity (Wildman–Crippen MR) is 68.3 cm³/mol. The lowest BCUT2D eigenvalue weighted by Crippen LogP contribution is -2.29. The van der Waals surface area contributed by atoms with E-state index < -0.39 is 21.8 Å². The average Bonchev–Trinajstić information content (AvgIpc) is 2.26. The highest BCUT2D eigenvalue weighted by Gasteiger charge is 2.29. The quantitative estimate of drug-likeness (QED) is 0.437. The van der Waals surface area contributed by atoms with E-state index in [9.17, 15) is 18.3 Å². The van der Waals surface area contributed by atoms with E-state index in [2.05, 4.69) is 4.99 Å². The lowest BCUT2D eigenvalue weighted by molar-refractivity contribution is 0.100. The summed E-state index contributed by atoms with van der Waals surface area (Å²) in [4.78, 5) is 15.0. The third-order valence-corrected chi connectivity index (χ3v) is 4.62. The van der Waals surface area contributed by atoms with Crippen molar-refractivity contribution in [3.05, 3.63) is 29.3 Å². The van der Waals surface area contributed by atoms with E-state index in [1.165, 1.54) is 18.2 Å². The van der Waals surface area contributed by atoms with Crippen molar-refractivity contribution >= 4 is 21.7 Å². The van der Waals surface area contributed by atoms with Crippen LogP contribution in [0.4, 0.5) is 0 Å². The van der Waals surface area contributed by atoms with Gasteiger partial charge in [0.25, 0.3) is 5.91 Å². The van der Waals surface area contributed by atoms with Crippen molar-refractivity contribution in [1.29, 1.82) is 0 Å². The van der Waals surface area contributed by atoms with E-state index in [1.54, 1.807) is 0 Å². The molecule has 0 aliphatic carbocycles. The first-order valence-electron chi connectivity index (χ1n) is 5.47. The highest BCUT2D eigenvalue weighted by atomic mass is 32.2. The van der Waals surface area contributed by atoms with Gasteiger partial charge in [-0.05, 0) is 17.7 Å². The summed E-state index contributed by atoms with van der Waals surface area (Å²) in [7, 11) is -3.59. The Morgan fingerprint density at radius 3 is 2.68 bits per heavy atom. The smallest absolute Gasteiger partial charge is 0.280 e. The van der Waals surface area contributed by atoms with Crippen molar-refractivity contribution in [1.82, 2.24) is 0 Å². The number of nitrogens with zero attached hydrogens (tertiary/aromatic N) is 1. The fourth-order valence-corrected chi connectivity index (χ4v) is 3.64. The summed E-state index contributed by atoms with van der Waals surface area (Å²) < 4.78 is 23.8. The van der Waals surface area contributed by atoms with E-state index in [-0.39, 0.29) is 28.6 Å². The van der Waals surface area contributed by atoms with Gasteiger partial charge in [0.2, 0.25) is 0 Å². The standard InChI is InChI=1S/C11H13N3O4S/c12-11(13)14-10(16)7-2-1-6-3-8(15)5-19(17,18)9(6)4-7/h1-2,4,8,15H,3,5H2,(H4,12,13,14,16). The van der Waals surface area contributed by atoms with Crippen LogP contribution < -0.4 is 11.5 Å². The summed E-state index contributed by atoms with van der Waals surface area (Å²) in [5.74, 6) is -1.44. The summed E-state index contributed by atoms with van der Waals surface area (Å²) in [6.07, 6.45) is -0.678. The van der Waals surface area contributed by atoms with Crippen LogP contribution in [0, 0.1) is 0 Å². The van der Waals surface area contributed by atoms with Crippen molar-refractivity contribution in [2.45, 2.75) is 17.4 Å². The number of amides is 1. The van der Waals surface area contributed by atoms with E-state index in [0.29, 0.717) is 5.56 Å². The van der Waals surface area contributed by atoms with Gasteiger partial charge >= 0.3 is 0 Å². The zero-order valence-electron chi connectivity index (χ0n) is 9.91. The number of aliphatic imine (C=N–C) groups is 1. The summed E-state index contributed by atoms with van der Waals surface area (Å²) in [5, 5.41) is 9.49. The van der Waals surface area contributed by atoms with Crippen LogP contribution in [0.15, 0.2) is 28.1 Å². The Morgan fingerprint density at radius 2 is 2.05 bits per heavy atom. The number of nitrogens with two attached hydrogens (primary N) is 2. The van der Waals surface area contributed by atoms with Gasteiger partial charge in [-0.25, -0.2) is 8.42 Å². The number of hydrogen-bond donors (Lipinski definition) is 3. The molecule has 1 aromatic carbocycles. The average molecular weight is 283 g/mol. The molecule has 0 saturated heterocycles. The molecule has 102 valence electrons. The Bertz CT molecular complexity index is 663. The third kappa shape index (κ3) is 2.74. The SMILES string of the molecule is NC(N)=NC(=O)c1ccc2c(c1)S(=O)(=O)CC(O)C2. The molecule has 0 fully saturated rings. The predicted octanol–water partition coefficient (Wildman–Crippen LogP) is -1.21. The number of carbonyl (C=O) groups excluding carboxylic acids is 1.